The molecule has 94 valence electrons. The van der Waals surface area contributed by atoms with Gasteiger partial charge < -0.3 is 10.4 Å². The molecule has 1 aromatic heterocycles. The van der Waals surface area contributed by atoms with E-state index in [1.54, 1.807) is 13.8 Å². The first kappa shape index (κ1) is 13.9. The monoisotopic (exact) mass is 253 g/mol. The summed E-state index contributed by atoms with van der Waals surface area (Å²) < 4.78 is 0. The molecule has 1 heterocycles. The summed E-state index contributed by atoms with van der Waals surface area (Å²) in [5.74, 6) is -0.123. The largest absolute Gasteiger partial charge is 0.384 e. The highest BCUT2D eigenvalue weighted by Crippen LogP contribution is 2.22. The van der Waals surface area contributed by atoms with E-state index in [9.17, 15) is 9.90 Å². The molecular weight excluding hydrogens is 234 g/mol. The van der Waals surface area contributed by atoms with E-state index >= 15 is 0 Å². The summed E-state index contributed by atoms with van der Waals surface area (Å²) in [5, 5.41) is 16.8. The Morgan fingerprint density at radius 2 is 2.35 bits per heavy atom. The van der Waals surface area contributed by atoms with Crippen LogP contribution in [0.15, 0.2) is 28.5 Å². The average Bonchev–Trinajstić information content (AvgIpc) is 2.80. The SMILES string of the molecule is CCC=C(C)C(=O)NCC(C)(O)c1ccsc1. The van der Waals surface area contributed by atoms with Crippen molar-refractivity contribution in [3.05, 3.63) is 34.0 Å². The molecule has 1 aromatic rings. The maximum atomic E-state index is 11.7. The summed E-state index contributed by atoms with van der Waals surface area (Å²) in [5.41, 5.74) is 0.510. The molecule has 0 spiro atoms. The number of carbonyl (C=O) groups is 1. The number of thiophene rings is 1. The summed E-state index contributed by atoms with van der Waals surface area (Å²) >= 11 is 1.53. The molecule has 0 saturated carbocycles. The molecule has 4 heteroatoms. The lowest BCUT2D eigenvalue weighted by molar-refractivity contribution is -0.118. The molecule has 0 aromatic carbocycles. The molecule has 1 amide bonds. The number of rotatable bonds is 5. The molecule has 0 radical (unpaired) electrons. The van der Waals surface area contributed by atoms with E-state index in [4.69, 9.17) is 0 Å². The summed E-state index contributed by atoms with van der Waals surface area (Å²) in [4.78, 5) is 11.7. The van der Waals surface area contributed by atoms with Crippen LogP contribution < -0.4 is 5.32 Å². The van der Waals surface area contributed by atoms with Crippen LogP contribution in [0.25, 0.3) is 0 Å². The van der Waals surface area contributed by atoms with Gasteiger partial charge in [-0.3, -0.25) is 4.79 Å². The van der Waals surface area contributed by atoms with Crippen LogP contribution >= 0.6 is 11.3 Å². The highest BCUT2D eigenvalue weighted by Gasteiger charge is 2.24. The Balaban J connectivity index is 2.56. The fourth-order valence-electron chi connectivity index (χ4n) is 1.46. The Hall–Kier alpha value is -1.13. The molecule has 0 bridgehead atoms. The molecule has 1 rings (SSSR count). The lowest BCUT2D eigenvalue weighted by atomic mass is 9.99. The van der Waals surface area contributed by atoms with Crippen molar-refractivity contribution in [2.24, 2.45) is 0 Å². The molecule has 0 aliphatic carbocycles. The molecule has 0 aliphatic heterocycles. The Labute approximate surface area is 106 Å². The van der Waals surface area contributed by atoms with Gasteiger partial charge in [-0.1, -0.05) is 13.0 Å². The maximum Gasteiger partial charge on any atom is 0.246 e. The third-order valence-corrected chi connectivity index (χ3v) is 3.29. The lowest BCUT2D eigenvalue weighted by Crippen LogP contribution is -2.38. The normalized spacial score (nSPS) is 15.4. The molecule has 17 heavy (non-hydrogen) atoms. The van der Waals surface area contributed by atoms with E-state index in [0.29, 0.717) is 5.57 Å². The second-order valence-electron chi connectivity index (χ2n) is 4.26. The fraction of sp³-hybridized carbons (Fsp3) is 0.462. The van der Waals surface area contributed by atoms with Crippen molar-refractivity contribution in [3.63, 3.8) is 0 Å². The van der Waals surface area contributed by atoms with E-state index in [1.807, 2.05) is 29.8 Å². The van der Waals surface area contributed by atoms with E-state index in [-0.39, 0.29) is 12.5 Å². The predicted molar refractivity (Wildman–Crippen MR) is 70.9 cm³/mol. The van der Waals surface area contributed by atoms with E-state index in [0.717, 1.165) is 12.0 Å². The zero-order valence-corrected chi connectivity index (χ0v) is 11.3. The number of carbonyl (C=O) groups excluding carboxylic acids is 1. The molecule has 1 unspecified atom stereocenters. The Bertz CT molecular complexity index is 394. The first-order valence-corrected chi connectivity index (χ1v) is 6.61. The third-order valence-electron chi connectivity index (χ3n) is 2.60. The minimum atomic E-state index is -1.01. The first-order chi connectivity index (χ1) is 7.97. The molecule has 1 atom stereocenters. The number of allylic oxidation sites excluding steroid dienone is 1. The number of amides is 1. The van der Waals surface area contributed by atoms with Gasteiger partial charge in [0.15, 0.2) is 0 Å². The number of nitrogens with one attached hydrogen (secondary N) is 1. The zero-order chi connectivity index (χ0) is 12.9. The summed E-state index contributed by atoms with van der Waals surface area (Å²) in [6, 6.07) is 1.87. The molecular formula is C13H19NO2S. The van der Waals surface area contributed by atoms with Gasteiger partial charge in [0.25, 0.3) is 0 Å². The van der Waals surface area contributed by atoms with Crippen molar-refractivity contribution >= 4 is 17.2 Å². The summed E-state index contributed by atoms with van der Waals surface area (Å²) in [7, 11) is 0. The van der Waals surface area contributed by atoms with Gasteiger partial charge in [0.1, 0.15) is 5.60 Å². The Kier molecular flexibility index (Phi) is 4.90. The van der Waals surface area contributed by atoms with Crippen molar-refractivity contribution in [2.75, 3.05) is 6.54 Å². The van der Waals surface area contributed by atoms with Crippen LogP contribution in [0.1, 0.15) is 32.8 Å². The van der Waals surface area contributed by atoms with Crippen LogP contribution in [0.2, 0.25) is 0 Å². The standard InChI is InChI=1S/C13H19NO2S/c1-4-5-10(2)12(15)14-9-13(3,16)11-6-7-17-8-11/h5-8,16H,4,9H2,1-3H3,(H,14,15). The minimum absolute atomic E-state index is 0.123. The Morgan fingerprint density at radius 1 is 1.65 bits per heavy atom. The van der Waals surface area contributed by atoms with Crippen LogP contribution in [0, 0.1) is 0 Å². The van der Waals surface area contributed by atoms with Crippen LogP contribution in [0.3, 0.4) is 0 Å². The van der Waals surface area contributed by atoms with Gasteiger partial charge in [-0.15, -0.1) is 0 Å². The second-order valence-corrected chi connectivity index (χ2v) is 5.04. The average molecular weight is 253 g/mol. The van der Waals surface area contributed by atoms with Crippen LogP contribution in [-0.4, -0.2) is 17.6 Å². The first-order valence-electron chi connectivity index (χ1n) is 5.67. The van der Waals surface area contributed by atoms with Gasteiger partial charge in [-0.25, -0.2) is 0 Å². The predicted octanol–water partition coefficient (Wildman–Crippen LogP) is 2.43. The van der Waals surface area contributed by atoms with E-state index in [2.05, 4.69) is 5.32 Å². The highest BCUT2D eigenvalue weighted by molar-refractivity contribution is 7.08. The van der Waals surface area contributed by atoms with Crippen molar-refractivity contribution in [2.45, 2.75) is 32.8 Å². The van der Waals surface area contributed by atoms with Crippen molar-refractivity contribution < 1.29 is 9.90 Å². The van der Waals surface area contributed by atoms with Crippen molar-refractivity contribution in [1.29, 1.82) is 0 Å². The van der Waals surface area contributed by atoms with E-state index in [1.165, 1.54) is 11.3 Å². The molecule has 0 fully saturated rings. The van der Waals surface area contributed by atoms with Gasteiger partial charge in [-0.05, 0) is 42.7 Å². The van der Waals surface area contributed by atoms with Crippen LogP contribution in [-0.2, 0) is 10.4 Å². The van der Waals surface area contributed by atoms with Gasteiger partial charge in [0.05, 0.1) is 6.54 Å². The van der Waals surface area contributed by atoms with Gasteiger partial charge in [0, 0.05) is 5.57 Å². The van der Waals surface area contributed by atoms with Gasteiger partial charge in [0.2, 0.25) is 5.91 Å². The van der Waals surface area contributed by atoms with Gasteiger partial charge >= 0.3 is 0 Å². The fourth-order valence-corrected chi connectivity index (χ4v) is 2.25. The van der Waals surface area contributed by atoms with Crippen molar-refractivity contribution in [1.82, 2.24) is 5.32 Å². The lowest BCUT2D eigenvalue weighted by Gasteiger charge is -2.22. The number of aliphatic hydroxyl groups is 1. The quantitative estimate of drug-likeness (QED) is 0.792. The topological polar surface area (TPSA) is 49.3 Å². The minimum Gasteiger partial charge on any atom is -0.384 e. The second kappa shape index (κ2) is 5.98. The molecule has 0 aliphatic rings. The Morgan fingerprint density at radius 3 is 2.88 bits per heavy atom. The summed E-state index contributed by atoms with van der Waals surface area (Å²) in [6.45, 7) is 5.68. The molecule has 0 saturated heterocycles. The smallest absolute Gasteiger partial charge is 0.246 e. The van der Waals surface area contributed by atoms with Gasteiger partial charge in [-0.2, -0.15) is 11.3 Å². The maximum absolute atomic E-state index is 11.7. The number of hydrogen-bond acceptors (Lipinski definition) is 3. The zero-order valence-electron chi connectivity index (χ0n) is 10.5. The van der Waals surface area contributed by atoms with Crippen LogP contribution in [0.5, 0.6) is 0 Å². The third kappa shape index (κ3) is 3.98. The van der Waals surface area contributed by atoms with Crippen LogP contribution in [0.4, 0.5) is 0 Å². The molecule has 3 nitrogen and oxygen atoms in total. The van der Waals surface area contributed by atoms with E-state index < -0.39 is 5.60 Å². The number of hydrogen-bond donors (Lipinski definition) is 2. The van der Waals surface area contributed by atoms with Crippen molar-refractivity contribution in [3.8, 4) is 0 Å². The highest BCUT2D eigenvalue weighted by atomic mass is 32.1. The summed E-state index contributed by atoms with van der Waals surface area (Å²) in [6.07, 6.45) is 2.70. The molecule has 2 N–H and O–H groups in total.